The van der Waals surface area contributed by atoms with Gasteiger partial charge >= 0.3 is 12.1 Å². The molecule has 0 spiro atoms. The van der Waals surface area contributed by atoms with Crippen molar-refractivity contribution in [3.8, 4) is 0 Å². The Bertz CT molecular complexity index is 776. The molecule has 27 heavy (non-hydrogen) atoms. The van der Waals surface area contributed by atoms with Crippen LogP contribution in [0.5, 0.6) is 0 Å². The van der Waals surface area contributed by atoms with Gasteiger partial charge in [0.05, 0.1) is 0 Å². The SMILES string of the molecule is C[C@@H]1CN1C(=O)Nc1ccc(Cc2ccc(NC(=O)N3C[C@@H]3C)cc2)cc1. The Morgan fingerprint density at radius 2 is 1.11 bits per heavy atom. The van der Waals surface area contributed by atoms with E-state index < -0.39 is 0 Å². The van der Waals surface area contributed by atoms with Crippen LogP contribution in [0, 0.1) is 0 Å². The molecular formula is C21H24N4O2. The van der Waals surface area contributed by atoms with E-state index in [1.165, 1.54) is 11.1 Å². The van der Waals surface area contributed by atoms with E-state index in [9.17, 15) is 9.59 Å². The topological polar surface area (TPSA) is 64.2 Å². The minimum atomic E-state index is -0.0372. The number of nitrogens with zero attached hydrogens (tertiary/aromatic N) is 2. The third kappa shape index (κ3) is 4.22. The molecule has 0 aliphatic carbocycles. The summed E-state index contributed by atoms with van der Waals surface area (Å²) in [6.07, 6.45) is 0.800. The summed E-state index contributed by atoms with van der Waals surface area (Å²) in [5.74, 6) is 0. The standard InChI is InChI=1S/C21H24N4O2/c1-14-12-24(14)20(26)22-18-7-3-16(4-8-18)11-17-5-9-19(10-6-17)23-21(27)25-13-15(25)2/h3-10,14-15H,11-13H2,1-2H3,(H,22,26)(H,23,27)/t14-,15+,24?,25?. The highest BCUT2D eigenvalue weighted by molar-refractivity contribution is 5.91. The lowest BCUT2D eigenvalue weighted by Crippen LogP contribution is -2.20. The first-order valence-electron chi connectivity index (χ1n) is 9.33. The summed E-state index contributed by atoms with van der Waals surface area (Å²) in [6.45, 7) is 5.72. The summed E-state index contributed by atoms with van der Waals surface area (Å²) in [5.41, 5.74) is 3.96. The van der Waals surface area contributed by atoms with Crippen LogP contribution in [0.15, 0.2) is 48.5 Å². The number of rotatable bonds is 4. The summed E-state index contributed by atoms with van der Waals surface area (Å²) >= 11 is 0. The molecule has 0 radical (unpaired) electrons. The van der Waals surface area contributed by atoms with E-state index in [1.54, 1.807) is 9.80 Å². The molecule has 0 bridgehead atoms. The van der Waals surface area contributed by atoms with Crippen LogP contribution >= 0.6 is 0 Å². The van der Waals surface area contributed by atoms with Crippen molar-refractivity contribution in [2.75, 3.05) is 23.7 Å². The molecule has 2 aromatic rings. The number of benzene rings is 2. The Labute approximate surface area is 159 Å². The summed E-state index contributed by atoms with van der Waals surface area (Å²) < 4.78 is 0. The lowest BCUT2D eigenvalue weighted by molar-refractivity contribution is 0.239. The highest BCUT2D eigenvalue weighted by atomic mass is 16.2. The van der Waals surface area contributed by atoms with E-state index in [-0.39, 0.29) is 12.1 Å². The van der Waals surface area contributed by atoms with E-state index in [4.69, 9.17) is 0 Å². The van der Waals surface area contributed by atoms with E-state index >= 15 is 0 Å². The zero-order chi connectivity index (χ0) is 19.0. The van der Waals surface area contributed by atoms with Gasteiger partial charge in [0.15, 0.2) is 0 Å². The monoisotopic (exact) mass is 364 g/mol. The predicted molar refractivity (Wildman–Crippen MR) is 106 cm³/mol. The van der Waals surface area contributed by atoms with Crippen molar-refractivity contribution in [1.82, 2.24) is 9.80 Å². The Morgan fingerprint density at radius 1 is 0.778 bits per heavy atom. The third-order valence-electron chi connectivity index (χ3n) is 5.06. The first kappa shape index (κ1) is 17.4. The van der Waals surface area contributed by atoms with Gasteiger partial charge in [-0.2, -0.15) is 0 Å². The van der Waals surface area contributed by atoms with E-state index in [0.29, 0.717) is 12.1 Å². The van der Waals surface area contributed by atoms with Gasteiger partial charge in [-0.3, -0.25) is 0 Å². The summed E-state index contributed by atoms with van der Waals surface area (Å²) in [6, 6.07) is 16.5. The second-order valence-corrected chi connectivity index (χ2v) is 7.43. The van der Waals surface area contributed by atoms with Crippen molar-refractivity contribution < 1.29 is 9.59 Å². The first-order chi connectivity index (χ1) is 13.0. The lowest BCUT2D eigenvalue weighted by Gasteiger charge is -2.09. The van der Waals surface area contributed by atoms with Gasteiger partial charge in [-0.1, -0.05) is 24.3 Å². The number of urea groups is 2. The minimum absolute atomic E-state index is 0.0372. The molecule has 4 rings (SSSR count). The van der Waals surface area contributed by atoms with Crippen molar-refractivity contribution in [3.63, 3.8) is 0 Å². The van der Waals surface area contributed by atoms with Gasteiger partial charge in [-0.25, -0.2) is 9.59 Å². The Hall–Kier alpha value is -3.02. The van der Waals surface area contributed by atoms with Crippen LogP contribution in [0.25, 0.3) is 0 Å². The maximum Gasteiger partial charge on any atom is 0.322 e. The maximum absolute atomic E-state index is 11.9. The van der Waals surface area contributed by atoms with Gasteiger partial charge in [0.25, 0.3) is 0 Å². The molecule has 0 unspecified atom stereocenters. The van der Waals surface area contributed by atoms with Crippen molar-refractivity contribution in [3.05, 3.63) is 59.7 Å². The smallest absolute Gasteiger partial charge is 0.318 e. The van der Waals surface area contributed by atoms with Gasteiger partial charge in [0.2, 0.25) is 0 Å². The molecule has 2 aromatic carbocycles. The molecule has 0 aromatic heterocycles. The highest BCUT2D eigenvalue weighted by Crippen LogP contribution is 2.21. The van der Waals surface area contributed by atoms with Crippen LogP contribution in [-0.2, 0) is 6.42 Å². The van der Waals surface area contributed by atoms with Crippen molar-refractivity contribution >= 4 is 23.4 Å². The number of hydrogen-bond acceptors (Lipinski definition) is 2. The van der Waals surface area contributed by atoms with Gasteiger partial charge in [0, 0.05) is 36.5 Å². The summed E-state index contributed by atoms with van der Waals surface area (Å²) in [4.78, 5) is 27.4. The van der Waals surface area contributed by atoms with Gasteiger partial charge in [0.1, 0.15) is 0 Å². The quantitative estimate of drug-likeness (QED) is 0.812. The van der Waals surface area contributed by atoms with E-state index in [2.05, 4.69) is 10.6 Å². The number of hydrogen-bond donors (Lipinski definition) is 2. The largest absolute Gasteiger partial charge is 0.322 e. The second-order valence-electron chi connectivity index (χ2n) is 7.43. The minimum Gasteiger partial charge on any atom is -0.318 e. The Balaban J connectivity index is 1.30. The molecule has 6 nitrogen and oxygen atoms in total. The van der Waals surface area contributed by atoms with Gasteiger partial charge in [-0.05, 0) is 55.7 Å². The molecule has 140 valence electrons. The first-order valence-corrected chi connectivity index (χ1v) is 9.33. The normalized spacial score (nSPS) is 20.2. The molecule has 2 N–H and O–H groups in total. The van der Waals surface area contributed by atoms with Crippen LogP contribution < -0.4 is 10.6 Å². The average molecular weight is 364 g/mol. The van der Waals surface area contributed by atoms with Crippen LogP contribution in [0.4, 0.5) is 21.0 Å². The zero-order valence-electron chi connectivity index (χ0n) is 15.6. The molecule has 2 aliphatic rings. The maximum atomic E-state index is 11.9. The molecule has 6 heteroatoms. The fourth-order valence-electron chi connectivity index (χ4n) is 3.08. The molecule has 0 saturated carbocycles. The van der Waals surface area contributed by atoms with E-state index in [1.807, 2.05) is 62.4 Å². The highest BCUT2D eigenvalue weighted by Gasteiger charge is 2.34. The lowest BCUT2D eigenvalue weighted by atomic mass is 10.0. The van der Waals surface area contributed by atoms with Crippen molar-refractivity contribution in [2.24, 2.45) is 0 Å². The molecule has 2 heterocycles. The third-order valence-corrected chi connectivity index (χ3v) is 5.06. The van der Waals surface area contributed by atoms with Crippen molar-refractivity contribution in [2.45, 2.75) is 32.4 Å². The van der Waals surface area contributed by atoms with Gasteiger partial charge in [-0.15, -0.1) is 0 Å². The van der Waals surface area contributed by atoms with Gasteiger partial charge < -0.3 is 20.4 Å². The summed E-state index contributed by atoms with van der Waals surface area (Å²) in [7, 11) is 0. The predicted octanol–water partition coefficient (Wildman–Crippen LogP) is 3.75. The van der Waals surface area contributed by atoms with Crippen LogP contribution in [0.3, 0.4) is 0 Å². The van der Waals surface area contributed by atoms with Crippen LogP contribution in [0.2, 0.25) is 0 Å². The molecule has 4 amide bonds. The fourth-order valence-corrected chi connectivity index (χ4v) is 3.08. The van der Waals surface area contributed by atoms with Crippen molar-refractivity contribution in [1.29, 1.82) is 0 Å². The Kier molecular flexibility index (Phi) is 4.48. The van der Waals surface area contributed by atoms with Crippen LogP contribution in [-0.4, -0.2) is 47.0 Å². The number of nitrogens with one attached hydrogen (secondary N) is 2. The fraction of sp³-hybridized carbons (Fsp3) is 0.333. The zero-order valence-corrected chi connectivity index (χ0v) is 15.6. The molecule has 2 saturated heterocycles. The molecule has 2 atom stereocenters. The molecule has 2 fully saturated rings. The molecule has 2 aliphatic heterocycles. The second kappa shape index (κ2) is 6.95. The number of anilines is 2. The van der Waals surface area contributed by atoms with E-state index in [0.717, 1.165) is 30.9 Å². The Morgan fingerprint density at radius 3 is 1.41 bits per heavy atom. The summed E-state index contributed by atoms with van der Waals surface area (Å²) in [5, 5.41) is 5.82. The number of amides is 4. The average Bonchev–Trinajstić information content (AvgIpc) is 3.56. The number of carbonyl (C=O) groups is 2. The van der Waals surface area contributed by atoms with Crippen LogP contribution in [0.1, 0.15) is 25.0 Å². The molecular weight excluding hydrogens is 340 g/mol. The number of carbonyl (C=O) groups excluding carboxylic acids is 2.